The van der Waals surface area contributed by atoms with Crippen LogP contribution < -0.4 is 4.74 Å². The van der Waals surface area contributed by atoms with Gasteiger partial charge in [-0.1, -0.05) is 31.2 Å². The molecule has 0 saturated heterocycles. The first-order valence-electron chi connectivity index (χ1n) is 6.33. The van der Waals surface area contributed by atoms with Gasteiger partial charge in [-0.15, -0.1) is 11.8 Å². The molecule has 4 heteroatoms. The number of aromatic carboxylic acids is 1. The molecule has 104 valence electrons. The van der Waals surface area contributed by atoms with Crippen molar-refractivity contribution in [3.8, 4) is 11.5 Å². The van der Waals surface area contributed by atoms with Gasteiger partial charge in [0.2, 0.25) is 0 Å². The van der Waals surface area contributed by atoms with E-state index in [4.69, 9.17) is 4.74 Å². The molecule has 0 amide bonds. The van der Waals surface area contributed by atoms with E-state index in [1.54, 1.807) is 12.1 Å². The number of hydrogen-bond donors (Lipinski definition) is 1. The number of carbonyl (C=O) groups is 1. The minimum absolute atomic E-state index is 0.214. The second-order valence-corrected chi connectivity index (χ2v) is 5.05. The van der Waals surface area contributed by atoms with Gasteiger partial charge < -0.3 is 9.84 Å². The maximum absolute atomic E-state index is 11.5. The maximum Gasteiger partial charge on any atom is 0.340 e. The molecule has 2 aromatic carbocycles. The van der Waals surface area contributed by atoms with Gasteiger partial charge in [0.25, 0.3) is 0 Å². The lowest BCUT2D eigenvalue weighted by atomic mass is 10.1. The summed E-state index contributed by atoms with van der Waals surface area (Å²) in [6, 6.07) is 12.9. The van der Waals surface area contributed by atoms with Crippen LogP contribution in [0, 0.1) is 0 Å². The molecular weight excluding hydrogens is 272 g/mol. The summed E-state index contributed by atoms with van der Waals surface area (Å²) in [5.41, 5.74) is 1.27. The van der Waals surface area contributed by atoms with E-state index < -0.39 is 5.97 Å². The molecule has 2 rings (SSSR count). The highest BCUT2D eigenvalue weighted by molar-refractivity contribution is 7.98. The standard InChI is InChI=1S/C16H16O3S/c1-3-11-7-4-5-8-12(11)19-13-9-6-10-14(20-2)15(13)16(17)18/h4-10H,3H2,1-2H3,(H,17,18). The Bertz CT molecular complexity index is 623. The van der Waals surface area contributed by atoms with Crippen molar-refractivity contribution in [3.05, 3.63) is 53.6 Å². The second-order valence-electron chi connectivity index (χ2n) is 4.20. The monoisotopic (exact) mass is 288 g/mol. The van der Waals surface area contributed by atoms with E-state index in [2.05, 4.69) is 0 Å². The molecule has 0 unspecified atom stereocenters. The van der Waals surface area contributed by atoms with Crippen molar-refractivity contribution in [2.45, 2.75) is 18.2 Å². The van der Waals surface area contributed by atoms with Crippen LogP contribution in [-0.2, 0) is 6.42 Å². The molecule has 0 bridgehead atoms. The summed E-state index contributed by atoms with van der Waals surface area (Å²) in [5.74, 6) is 0.111. The third-order valence-electron chi connectivity index (χ3n) is 3.00. The van der Waals surface area contributed by atoms with Crippen molar-refractivity contribution in [1.29, 1.82) is 0 Å². The summed E-state index contributed by atoms with van der Waals surface area (Å²) in [4.78, 5) is 12.2. The number of aryl methyl sites for hydroxylation is 1. The predicted octanol–water partition coefficient (Wildman–Crippen LogP) is 4.46. The molecule has 0 aromatic heterocycles. The van der Waals surface area contributed by atoms with Gasteiger partial charge in [0, 0.05) is 4.90 Å². The van der Waals surface area contributed by atoms with Crippen LogP contribution >= 0.6 is 11.8 Å². The summed E-state index contributed by atoms with van der Waals surface area (Å²) < 4.78 is 5.84. The maximum atomic E-state index is 11.5. The zero-order chi connectivity index (χ0) is 14.5. The highest BCUT2D eigenvalue weighted by Gasteiger charge is 2.17. The van der Waals surface area contributed by atoms with Crippen LogP contribution in [0.25, 0.3) is 0 Å². The van der Waals surface area contributed by atoms with Crippen LogP contribution in [0.4, 0.5) is 0 Å². The molecule has 0 radical (unpaired) electrons. The molecule has 0 aliphatic heterocycles. The fourth-order valence-corrected chi connectivity index (χ4v) is 2.60. The number of carboxylic acid groups (broad SMARTS) is 1. The highest BCUT2D eigenvalue weighted by Crippen LogP contribution is 2.33. The largest absolute Gasteiger partial charge is 0.478 e. The van der Waals surface area contributed by atoms with Crippen LogP contribution in [-0.4, -0.2) is 17.3 Å². The Kier molecular flexibility index (Phi) is 4.69. The van der Waals surface area contributed by atoms with Crippen molar-refractivity contribution in [2.75, 3.05) is 6.26 Å². The van der Waals surface area contributed by atoms with Crippen molar-refractivity contribution in [2.24, 2.45) is 0 Å². The van der Waals surface area contributed by atoms with Crippen molar-refractivity contribution in [1.82, 2.24) is 0 Å². The quantitative estimate of drug-likeness (QED) is 0.825. The van der Waals surface area contributed by atoms with Gasteiger partial charge in [0.1, 0.15) is 17.1 Å². The van der Waals surface area contributed by atoms with Crippen LogP contribution in [0.15, 0.2) is 47.4 Å². The van der Waals surface area contributed by atoms with Gasteiger partial charge >= 0.3 is 5.97 Å². The summed E-state index contributed by atoms with van der Waals surface area (Å²) in [6.45, 7) is 2.04. The van der Waals surface area contributed by atoms with Crippen LogP contribution in [0.3, 0.4) is 0 Å². The van der Waals surface area contributed by atoms with E-state index in [-0.39, 0.29) is 5.56 Å². The van der Waals surface area contributed by atoms with E-state index in [1.807, 2.05) is 43.5 Å². The van der Waals surface area contributed by atoms with Gasteiger partial charge in [-0.2, -0.15) is 0 Å². The molecule has 0 atom stereocenters. The summed E-state index contributed by atoms with van der Waals surface area (Å²) in [5, 5.41) is 9.39. The molecule has 20 heavy (non-hydrogen) atoms. The predicted molar refractivity (Wildman–Crippen MR) is 81.1 cm³/mol. The Morgan fingerprint density at radius 1 is 1.15 bits per heavy atom. The average molecular weight is 288 g/mol. The highest BCUT2D eigenvalue weighted by atomic mass is 32.2. The zero-order valence-electron chi connectivity index (χ0n) is 11.4. The number of benzene rings is 2. The summed E-state index contributed by atoms with van der Waals surface area (Å²) in [6.07, 6.45) is 2.69. The van der Waals surface area contributed by atoms with Gasteiger partial charge in [0.05, 0.1) is 0 Å². The fraction of sp³-hybridized carbons (Fsp3) is 0.188. The molecule has 0 heterocycles. The molecule has 0 aliphatic rings. The second kappa shape index (κ2) is 6.48. The molecule has 0 saturated carbocycles. The Morgan fingerprint density at radius 2 is 1.85 bits per heavy atom. The third kappa shape index (κ3) is 2.96. The fourth-order valence-electron chi connectivity index (χ4n) is 1.99. The van der Waals surface area contributed by atoms with E-state index in [0.717, 1.165) is 12.0 Å². The van der Waals surface area contributed by atoms with Gasteiger partial charge in [-0.25, -0.2) is 4.79 Å². The molecule has 0 fully saturated rings. The van der Waals surface area contributed by atoms with Gasteiger partial charge in [-0.3, -0.25) is 0 Å². The molecule has 3 nitrogen and oxygen atoms in total. The van der Waals surface area contributed by atoms with E-state index in [1.165, 1.54) is 11.8 Å². The zero-order valence-corrected chi connectivity index (χ0v) is 12.2. The lowest BCUT2D eigenvalue weighted by molar-refractivity contribution is 0.0690. The van der Waals surface area contributed by atoms with Gasteiger partial charge in [-0.05, 0) is 36.4 Å². The average Bonchev–Trinajstić information content (AvgIpc) is 2.47. The van der Waals surface area contributed by atoms with Crippen molar-refractivity contribution < 1.29 is 14.6 Å². The number of thioether (sulfide) groups is 1. The van der Waals surface area contributed by atoms with Gasteiger partial charge in [0.15, 0.2) is 0 Å². The normalized spacial score (nSPS) is 10.3. The first-order chi connectivity index (χ1) is 9.67. The Balaban J connectivity index is 2.46. The number of carboxylic acids is 1. The molecule has 0 aliphatic carbocycles. The summed E-state index contributed by atoms with van der Waals surface area (Å²) >= 11 is 1.40. The number of ether oxygens (including phenoxy) is 1. The molecular formula is C16H16O3S. The molecule has 2 aromatic rings. The lowest BCUT2D eigenvalue weighted by Crippen LogP contribution is -2.03. The SMILES string of the molecule is CCc1ccccc1Oc1cccc(SC)c1C(=O)O. The van der Waals surface area contributed by atoms with E-state index in [0.29, 0.717) is 16.4 Å². The summed E-state index contributed by atoms with van der Waals surface area (Å²) in [7, 11) is 0. The van der Waals surface area contributed by atoms with E-state index >= 15 is 0 Å². The van der Waals surface area contributed by atoms with Crippen LogP contribution in [0.5, 0.6) is 11.5 Å². The molecule has 1 N–H and O–H groups in total. The Morgan fingerprint density at radius 3 is 2.50 bits per heavy atom. The van der Waals surface area contributed by atoms with Crippen LogP contribution in [0.1, 0.15) is 22.8 Å². The van der Waals surface area contributed by atoms with Crippen molar-refractivity contribution in [3.63, 3.8) is 0 Å². The first-order valence-corrected chi connectivity index (χ1v) is 7.56. The Labute approximate surface area is 122 Å². The number of para-hydroxylation sites is 1. The number of rotatable bonds is 5. The van der Waals surface area contributed by atoms with Crippen LogP contribution in [0.2, 0.25) is 0 Å². The first kappa shape index (κ1) is 14.5. The van der Waals surface area contributed by atoms with E-state index in [9.17, 15) is 9.90 Å². The third-order valence-corrected chi connectivity index (χ3v) is 3.78. The molecule has 0 spiro atoms. The lowest BCUT2D eigenvalue weighted by Gasteiger charge is -2.13. The minimum atomic E-state index is -0.973. The Hall–Kier alpha value is -1.94. The smallest absolute Gasteiger partial charge is 0.340 e. The minimum Gasteiger partial charge on any atom is -0.478 e. The van der Waals surface area contributed by atoms with Crippen molar-refractivity contribution >= 4 is 17.7 Å². The number of hydrogen-bond acceptors (Lipinski definition) is 3. The topological polar surface area (TPSA) is 46.5 Å².